The zero-order valence-electron chi connectivity index (χ0n) is 10.7. The van der Waals surface area contributed by atoms with E-state index in [1.165, 1.54) is 0 Å². The highest BCUT2D eigenvalue weighted by atomic mass is 35.5. The normalized spacial score (nSPS) is 12.6. The first-order valence-corrected chi connectivity index (χ1v) is 5.94. The van der Waals surface area contributed by atoms with Crippen LogP contribution >= 0.6 is 12.4 Å². The highest BCUT2D eigenvalue weighted by molar-refractivity contribution is 5.85. The monoisotopic (exact) mass is 299 g/mol. The molecule has 0 amide bonds. The van der Waals surface area contributed by atoms with Gasteiger partial charge in [-0.05, 0) is 22.8 Å². The van der Waals surface area contributed by atoms with E-state index in [0.29, 0.717) is 5.56 Å². The largest absolute Gasteiger partial charge is 0.390 e. The van der Waals surface area contributed by atoms with Gasteiger partial charge in [-0.25, -0.2) is 8.78 Å². The van der Waals surface area contributed by atoms with Crippen LogP contribution in [0, 0.1) is 0 Å². The summed E-state index contributed by atoms with van der Waals surface area (Å²) in [5.74, 6) is -3.32. The van der Waals surface area contributed by atoms with Gasteiger partial charge in [0.05, 0.1) is 6.04 Å². The molecule has 0 bridgehead atoms. The average Bonchev–Trinajstić information content (AvgIpc) is 2.47. The second-order valence-corrected chi connectivity index (χ2v) is 4.39. The van der Waals surface area contributed by atoms with Gasteiger partial charge in [0.15, 0.2) is 0 Å². The molecule has 0 unspecified atom stereocenters. The van der Waals surface area contributed by atoms with Crippen LogP contribution in [0.15, 0.2) is 54.6 Å². The van der Waals surface area contributed by atoms with Gasteiger partial charge in [0.25, 0.3) is 5.92 Å². The lowest BCUT2D eigenvalue weighted by molar-refractivity contribution is -0.0711. The van der Waals surface area contributed by atoms with Gasteiger partial charge in [-0.1, -0.05) is 48.5 Å². The number of aliphatic hydroxyl groups is 1. The fraction of sp³-hybridized carbons (Fsp3) is 0.200. The molecule has 2 nitrogen and oxygen atoms in total. The van der Waals surface area contributed by atoms with Crippen molar-refractivity contribution >= 4 is 12.4 Å². The van der Waals surface area contributed by atoms with Crippen molar-refractivity contribution in [1.29, 1.82) is 0 Å². The summed E-state index contributed by atoms with van der Waals surface area (Å²) in [5.41, 5.74) is 7.58. The number of nitrogens with two attached hydrogens (primary N) is 1. The molecule has 0 saturated heterocycles. The molecule has 0 heterocycles. The Bertz CT molecular complexity index is 549. The van der Waals surface area contributed by atoms with E-state index in [0.717, 1.165) is 11.1 Å². The highest BCUT2D eigenvalue weighted by Crippen LogP contribution is 2.31. The van der Waals surface area contributed by atoms with Gasteiger partial charge in [-0.2, -0.15) is 0 Å². The molecular formula is C15H16ClF2NO. The zero-order valence-corrected chi connectivity index (χ0v) is 11.5. The van der Waals surface area contributed by atoms with Crippen LogP contribution < -0.4 is 5.73 Å². The minimum Gasteiger partial charge on any atom is -0.390 e. The summed E-state index contributed by atoms with van der Waals surface area (Å²) in [4.78, 5) is 0. The Morgan fingerprint density at radius 2 is 1.60 bits per heavy atom. The van der Waals surface area contributed by atoms with Crippen LogP contribution in [0.4, 0.5) is 8.78 Å². The molecule has 0 spiro atoms. The summed E-state index contributed by atoms with van der Waals surface area (Å²) in [6, 6.07) is 14.6. The first-order chi connectivity index (χ1) is 9.04. The Morgan fingerprint density at radius 3 is 2.20 bits per heavy atom. The van der Waals surface area contributed by atoms with Crippen molar-refractivity contribution < 1.29 is 13.9 Å². The van der Waals surface area contributed by atoms with E-state index in [1.807, 2.05) is 36.4 Å². The van der Waals surface area contributed by atoms with E-state index in [2.05, 4.69) is 0 Å². The minimum absolute atomic E-state index is 0. The van der Waals surface area contributed by atoms with Crippen molar-refractivity contribution in [3.8, 4) is 11.1 Å². The Hall–Kier alpha value is -1.49. The van der Waals surface area contributed by atoms with E-state index in [9.17, 15) is 8.78 Å². The number of hydrogen-bond acceptors (Lipinski definition) is 2. The molecular weight excluding hydrogens is 284 g/mol. The smallest absolute Gasteiger partial charge is 0.289 e. The number of hydrogen-bond donors (Lipinski definition) is 2. The van der Waals surface area contributed by atoms with Crippen LogP contribution in [0.25, 0.3) is 11.1 Å². The molecule has 108 valence electrons. The van der Waals surface area contributed by atoms with Crippen molar-refractivity contribution in [3.63, 3.8) is 0 Å². The summed E-state index contributed by atoms with van der Waals surface area (Å²) in [5, 5.41) is 8.68. The molecule has 20 heavy (non-hydrogen) atoms. The number of rotatable bonds is 4. The molecule has 0 aliphatic heterocycles. The fourth-order valence-electron chi connectivity index (χ4n) is 1.88. The van der Waals surface area contributed by atoms with Crippen LogP contribution in [0.1, 0.15) is 11.6 Å². The molecule has 0 radical (unpaired) electrons. The third kappa shape index (κ3) is 3.54. The van der Waals surface area contributed by atoms with Gasteiger partial charge in [-0.15, -0.1) is 12.4 Å². The van der Waals surface area contributed by atoms with Gasteiger partial charge in [-0.3, -0.25) is 0 Å². The van der Waals surface area contributed by atoms with E-state index < -0.39 is 18.6 Å². The molecule has 0 fully saturated rings. The molecule has 2 rings (SSSR count). The predicted molar refractivity (Wildman–Crippen MR) is 78.1 cm³/mol. The van der Waals surface area contributed by atoms with Crippen molar-refractivity contribution in [1.82, 2.24) is 0 Å². The molecule has 0 aliphatic carbocycles. The molecule has 0 saturated carbocycles. The van der Waals surface area contributed by atoms with Crippen LogP contribution in [0.2, 0.25) is 0 Å². The number of benzene rings is 2. The Labute approximate surface area is 122 Å². The van der Waals surface area contributed by atoms with Crippen molar-refractivity contribution in [2.75, 3.05) is 6.61 Å². The van der Waals surface area contributed by atoms with Gasteiger partial charge in [0.2, 0.25) is 0 Å². The molecule has 5 heteroatoms. The van der Waals surface area contributed by atoms with Crippen LogP contribution in [-0.4, -0.2) is 17.6 Å². The van der Waals surface area contributed by atoms with Crippen molar-refractivity contribution in [3.05, 3.63) is 60.2 Å². The standard InChI is InChI=1S/C15H15F2NO.ClH/c16-15(17,10-19)14(18)13-8-4-7-12(9-13)11-5-2-1-3-6-11;/h1-9,14,19H,10,18H2;1H/t14-;/m1./s1. The Morgan fingerprint density at radius 1 is 1.00 bits per heavy atom. The Balaban J connectivity index is 0.00000200. The van der Waals surface area contributed by atoms with E-state index in [-0.39, 0.29) is 12.4 Å². The maximum Gasteiger partial charge on any atom is 0.289 e. The van der Waals surface area contributed by atoms with E-state index in [1.54, 1.807) is 18.2 Å². The fourth-order valence-corrected chi connectivity index (χ4v) is 1.88. The lowest BCUT2D eigenvalue weighted by Gasteiger charge is -2.22. The molecule has 3 N–H and O–H groups in total. The summed E-state index contributed by atoms with van der Waals surface area (Å²) in [6.45, 7) is -1.26. The molecule has 1 atom stereocenters. The van der Waals surface area contributed by atoms with Crippen molar-refractivity contribution in [2.24, 2.45) is 5.73 Å². The highest BCUT2D eigenvalue weighted by Gasteiger charge is 2.37. The predicted octanol–water partition coefficient (Wildman–Crippen LogP) is 3.40. The lowest BCUT2D eigenvalue weighted by Crippen LogP contribution is -2.36. The topological polar surface area (TPSA) is 46.2 Å². The molecule has 0 aromatic heterocycles. The van der Waals surface area contributed by atoms with Crippen LogP contribution in [0.5, 0.6) is 0 Å². The van der Waals surface area contributed by atoms with Gasteiger partial charge >= 0.3 is 0 Å². The van der Waals surface area contributed by atoms with E-state index in [4.69, 9.17) is 10.8 Å². The van der Waals surface area contributed by atoms with Crippen LogP contribution in [-0.2, 0) is 0 Å². The molecule has 2 aromatic carbocycles. The first kappa shape index (κ1) is 16.6. The summed E-state index contributed by atoms with van der Waals surface area (Å²) in [6.07, 6.45) is 0. The third-order valence-electron chi connectivity index (χ3n) is 3.02. The first-order valence-electron chi connectivity index (χ1n) is 5.94. The zero-order chi connectivity index (χ0) is 13.9. The molecule has 0 aliphatic rings. The van der Waals surface area contributed by atoms with Gasteiger partial charge < -0.3 is 10.8 Å². The maximum atomic E-state index is 13.4. The van der Waals surface area contributed by atoms with Crippen molar-refractivity contribution in [2.45, 2.75) is 12.0 Å². The summed E-state index contributed by atoms with van der Waals surface area (Å²) >= 11 is 0. The summed E-state index contributed by atoms with van der Waals surface area (Å²) in [7, 11) is 0. The quantitative estimate of drug-likeness (QED) is 0.909. The average molecular weight is 300 g/mol. The maximum absolute atomic E-state index is 13.4. The number of alkyl halides is 2. The third-order valence-corrected chi connectivity index (χ3v) is 3.02. The number of halogens is 3. The van der Waals surface area contributed by atoms with Gasteiger partial charge in [0.1, 0.15) is 6.61 Å². The molecule has 2 aromatic rings. The Kier molecular flexibility index (Phi) is 5.62. The minimum atomic E-state index is -3.32. The summed E-state index contributed by atoms with van der Waals surface area (Å²) < 4.78 is 26.8. The second kappa shape index (κ2) is 6.79. The van der Waals surface area contributed by atoms with Crippen LogP contribution in [0.3, 0.4) is 0 Å². The number of aliphatic hydroxyl groups excluding tert-OH is 1. The SMILES string of the molecule is Cl.N[C@H](c1cccc(-c2ccccc2)c1)C(F)(F)CO. The second-order valence-electron chi connectivity index (χ2n) is 4.39. The van der Waals surface area contributed by atoms with E-state index >= 15 is 0 Å². The lowest BCUT2D eigenvalue weighted by atomic mass is 9.97. The van der Waals surface area contributed by atoms with Gasteiger partial charge in [0, 0.05) is 0 Å².